The van der Waals surface area contributed by atoms with E-state index in [2.05, 4.69) is 10.2 Å². The number of carbonyl (C=O) groups is 3. The predicted molar refractivity (Wildman–Crippen MR) is 135 cm³/mol. The van der Waals surface area contributed by atoms with Crippen LogP contribution in [0.3, 0.4) is 0 Å². The van der Waals surface area contributed by atoms with Crippen molar-refractivity contribution in [2.24, 2.45) is 5.10 Å². The van der Waals surface area contributed by atoms with Crippen molar-refractivity contribution in [1.82, 2.24) is 9.78 Å². The van der Waals surface area contributed by atoms with Gasteiger partial charge in [-0.1, -0.05) is 54.6 Å². The van der Waals surface area contributed by atoms with E-state index in [4.69, 9.17) is 0 Å². The van der Waals surface area contributed by atoms with Gasteiger partial charge in [0.2, 0.25) is 0 Å². The van der Waals surface area contributed by atoms with Crippen molar-refractivity contribution in [3.8, 4) is 5.69 Å². The van der Waals surface area contributed by atoms with Crippen LogP contribution in [0.15, 0.2) is 100 Å². The molecule has 35 heavy (non-hydrogen) atoms. The van der Waals surface area contributed by atoms with E-state index in [-0.39, 0.29) is 39.7 Å². The number of allylic oxidation sites excluding steroid dienone is 4. The van der Waals surface area contributed by atoms with Gasteiger partial charge in [0.1, 0.15) is 11.4 Å². The number of H-pyrrole nitrogens is 1. The van der Waals surface area contributed by atoms with Crippen molar-refractivity contribution in [3.63, 3.8) is 0 Å². The smallest absolute Gasteiger partial charge is 0.281 e. The molecule has 1 amide bonds. The molecular formula is C27H22N4O4. The first kappa shape index (κ1) is 23.3. The van der Waals surface area contributed by atoms with Gasteiger partial charge in [0.15, 0.2) is 11.6 Å². The molecule has 0 radical (unpaired) electrons. The lowest BCUT2D eigenvalue weighted by Crippen LogP contribution is -2.21. The SMILES string of the molecule is CC(=O)C1=NN(c2ccccc2)C(=O)C1=CC=CC=Cc1c(C(C)=O)[nH]n(-c2ccccc2)c1=O. The Morgan fingerprint density at radius 1 is 0.829 bits per heavy atom. The first-order chi connectivity index (χ1) is 16.9. The zero-order valence-corrected chi connectivity index (χ0v) is 19.1. The molecule has 0 spiro atoms. The molecule has 2 heterocycles. The van der Waals surface area contributed by atoms with Gasteiger partial charge in [-0.2, -0.15) is 10.1 Å². The number of aromatic amines is 1. The van der Waals surface area contributed by atoms with Crippen LogP contribution in [0.5, 0.6) is 0 Å². The van der Waals surface area contributed by atoms with Gasteiger partial charge < -0.3 is 0 Å². The van der Waals surface area contributed by atoms with Crippen LogP contribution in [-0.2, 0) is 9.59 Å². The van der Waals surface area contributed by atoms with Gasteiger partial charge in [0.25, 0.3) is 11.5 Å². The summed E-state index contributed by atoms with van der Waals surface area (Å²) < 4.78 is 1.31. The van der Waals surface area contributed by atoms with Crippen LogP contribution in [0.4, 0.5) is 5.69 Å². The fourth-order valence-corrected chi connectivity index (χ4v) is 3.57. The van der Waals surface area contributed by atoms with E-state index in [9.17, 15) is 19.2 Å². The number of ketones is 2. The number of Topliss-reactive ketones (excluding diaryl/α,β-unsaturated/α-hetero) is 2. The maximum atomic E-state index is 12.9. The molecule has 0 aliphatic carbocycles. The number of aromatic nitrogens is 2. The standard InChI is InChI=1S/C27H22N4O4/c1-18(32)24-22(26(34)30(28-24)20-12-6-3-7-13-20)16-10-5-11-17-23-25(19(2)33)29-31(27(23)35)21-14-8-4-9-15-21/h3-17,28H,1-2H3. The summed E-state index contributed by atoms with van der Waals surface area (Å²) in [6, 6.07) is 17.8. The second-order valence-corrected chi connectivity index (χ2v) is 7.71. The van der Waals surface area contributed by atoms with Crippen LogP contribution in [0.2, 0.25) is 0 Å². The van der Waals surface area contributed by atoms with Crippen LogP contribution in [0, 0.1) is 0 Å². The molecule has 174 valence electrons. The number of nitrogens with one attached hydrogen (secondary N) is 1. The first-order valence-electron chi connectivity index (χ1n) is 10.8. The highest BCUT2D eigenvalue weighted by molar-refractivity contribution is 6.54. The Balaban J connectivity index is 1.59. The molecule has 1 aliphatic rings. The number of hydrazone groups is 1. The second kappa shape index (κ2) is 9.96. The number of amides is 1. The van der Waals surface area contributed by atoms with E-state index >= 15 is 0 Å². The molecule has 8 heteroatoms. The highest BCUT2D eigenvalue weighted by Crippen LogP contribution is 2.23. The molecule has 0 fully saturated rings. The van der Waals surface area contributed by atoms with Gasteiger partial charge >= 0.3 is 0 Å². The minimum Gasteiger partial charge on any atom is -0.293 e. The zero-order chi connectivity index (χ0) is 24.9. The third kappa shape index (κ3) is 4.77. The number of para-hydroxylation sites is 2. The topological polar surface area (TPSA) is 105 Å². The summed E-state index contributed by atoms with van der Waals surface area (Å²) in [6.45, 7) is 2.73. The van der Waals surface area contributed by atoms with E-state index in [1.807, 2.05) is 12.1 Å². The summed E-state index contributed by atoms with van der Waals surface area (Å²) in [7, 11) is 0. The summed E-state index contributed by atoms with van der Waals surface area (Å²) in [5.74, 6) is -1.01. The average molecular weight is 466 g/mol. The fourth-order valence-electron chi connectivity index (χ4n) is 3.57. The van der Waals surface area contributed by atoms with Crippen molar-refractivity contribution in [2.75, 3.05) is 5.01 Å². The van der Waals surface area contributed by atoms with Crippen molar-refractivity contribution >= 4 is 34.9 Å². The van der Waals surface area contributed by atoms with Gasteiger partial charge in [-0.15, -0.1) is 0 Å². The summed E-state index contributed by atoms with van der Waals surface area (Å²) in [5, 5.41) is 8.24. The molecular weight excluding hydrogens is 444 g/mol. The molecule has 1 aromatic heterocycles. The Morgan fingerprint density at radius 2 is 1.46 bits per heavy atom. The quantitative estimate of drug-likeness (QED) is 0.324. The van der Waals surface area contributed by atoms with Gasteiger partial charge in [-0.3, -0.25) is 24.3 Å². The Bertz CT molecular complexity index is 1470. The number of nitrogens with zero attached hydrogens (tertiary/aromatic N) is 3. The van der Waals surface area contributed by atoms with Crippen molar-refractivity contribution < 1.29 is 14.4 Å². The molecule has 0 saturated heterocycles. The molecule has 0 atom stereocenters. The van der Waals surface area contributed by atoms with Gasteiger partial charge in [0, 0.05) is 13.8 Å². The normalized spacial score (nSPS) is 14.9. The van der Waals surface area contributed by atoms with Crippen molar-refractivity contribution in [2.45, 2.75) is 13.8 Å². The van der Waals surface area contributed by atoms with Crippen LogP contribution >= 0.6 is 0 Å². The average Bonchev–Trinajstić information content (AvgIpc) is 3.37. The third-order valence-corrected chi connectivity index (χ3v) is 5.25. The Labute approximate surface area is 201 Å². The van der Waals surface area contributed by atoms with E-state index in [0.29, 0.717) is 11.4 Å². The maximum absolute atomic E-state index is 12.9. The molecule has 8 nitrogen and oxygen atoms in total. The number of anilines is 1. The third-order valence-electron chi connectivity index (χ3n) is 5.25. The molecule has 1 aliphatic heterocycles. The Kier molecular flexibility index (Phi) is 6.64. The molecule has 0 unspecified atom stereocenters. The monoisotopic (exact) mass is 466 g/mol. The summed E-state index contributed by atoms with van der Waals surface area (Å²) >= 11 is 0. The number of hydrogen-bond donors (Lipinski definition) is 1. The van der Waals surface area contributed by atoms with Gasteiger partial charge in [-0.25, -0.2) is 4.68 Å². The van der Waals surface area contributed by atoms with Crippen LogP contribution in [-0.4, -0.2) is 33.0 Å². The van der Waals surface area contributed by atoms with Gasteiger partial charge in [0.05, 0.1) is 22.5 Å². The minimum atomic E-state index is -0.412. The minimum absolute atomic E-state index is 0.0720. The maximum Gasteiger partial charge on any atom is 0.281 e. The second-order valence-electron chi connectivity index (χ2n) is 7.71. The highest BCUT2D eigenvalue weighted by atomic mass is 16.2. The lowest BCUT2D eigenvalue weighted by Gasteiger charge is -2.10. The van der Waals surface area contributed by atoms with Crippen LogP contribution < -0.4 is 10.6 Å². The molecule has 4 rings (SSSR count). The largest absolute Gasteiger partial charge is 0.293 e. The fraction of sp³-hybridized carbons (Fsp3) is 0.0741. The Morgan fingerprint density at radius 3 is 2.06 bits per heavy atom. The molecule has 0 bridgehead atoms. The number of rotatable bonds is 7. The summed E-state index contributed by atoms with van der Waals surface area (Å²) in [6.07, 6.45) is 7.79. The zero-order valence-electron chi connectivity index (χ0n) is 19.1. The highest BCUT2D eigenvalue weighted by Gasteiger charge is 2.32. The van der Waals surface area contributed by atoms with Crippen molar-refractivity contribution in [3.05, 3.63) is 112 Å². The predicted octanol–water partition coefficient (Wildman–Crippen LogP) is 3.86. The van der Waals surface area contributed by atoms with Gasteiger partial charge in [-0.05, 0) is 36.4 Å². The van der Waals surface area contributed by atoms with E-state index < -0.39 is 5.91 Å². The summed E-state index contributed by atoms with van der Waals surface area (Å²) in [4.78, 5) is 49.9. The number of benzene rings is 2. The lowest BCUT2D eigenvalue weighted by atomic mass is 10.1. The molecule has 1 N–H and O–H groups in total. The lowest BCUT2D eigenvalue weighted by molar-refractivity contribution is -0.115. The molecule has 2 aromatic carbocycles. The van der Waals surface area contributed by atoms with Crippen molar-refractivity contribution in [1.29, 1.82) is 0 Å². The summed E-state index contributed by atoms with van der Waals surface area (Å²) in [5.41, 5.74) is 1.46. The number of carbonyl (C=O) groups excluding carboxylic acids is 3. The van der Waals surface area contributed by atoms with E-state index in [1.165, 1.54) is 35.7 Å². The van der Waals surface area contributed by atoms with Crippen LogP contribution in [0.25, 0.3) is 11.8 Å². The van der Waals surface area contributed by atoms with E-state index in [1.54, 1.807) is 66.8 Å². The van der Waals surface area contributed by atoms with E-state index in [0.717, 1.165) is 0 Å². The van der Waals surface area contributed by atoms with Crippen LogP contribution in [0.1, 0.15) is 29.9 Å². The molecule has 3 aromatic rings. The Hall–Kier alpha value is -4.85. The first-order valence-corrected chi connectivity index (χ1v) is 10.8. The molecule has 0 saturated carbocycles. The number of hydrogen-bond acceptors (Lipinski definition) is 5.